The fourth-order valence-corrected chi connectivity index (χ4v) is 2.59. The van der Waals surface area contributed by atoms with Crippen LogP contribution >= 0.6 is 0 Å². The van der Waals surface area contributed by atoms with Gasteiger partial charge >= 0.3 is 0 Å². The standard InChI is InChI=1S/C19H22O6/c1-23-16-7-6-13(19(25-3)18(16)22)5-4-12-8-14(10-20)15(11-21)17(9-12)24-2/h4-9,20-22H,10-11H2,1-3H3/b5-4-. The Bertz CT molecular complexity index is 742. The molecule has 0 aliphatic rings. The van der Waals surface area contributed by atoms with Gasteiger partial charge in [-0.2, -0.15) is 0 Å². The van der Waals surface area contributed by atoms with E-state index in [9.17, 15) is 15.3 Å². The molecule has 0 radical (unpaired) electrons. The lowest BCUT2D eigenvalue weighted by atomic mass is 10.0. The number of hydrogen-bond donors (Lipinski definition) is 3. The molecule has 6 heteroatoms. The van der Waals surface area contributed by atoms with Crippen molar-refractivity contribution in [3.63, 3.8) is 0 Å². The minimum absolute atomic E-state index is 0.0728. The smallest absolute Gasteiger partial charge is 0.201 e. The number of aliphatic hydroxyl groups is 2. The summed E-state index contributed by atoms with van der Waals surface area (Å²) in [5, 5.41) is 29.1. The van der Waals surface area contributed by atoms with Crippen molar-refractivity contribution in [3.05, 3.63) is 46.5 Å². The van der Waals surface area contributed by atoms with E-state index in [0.717, 1.165) is 5.56 Å². The molecular formula is C19H22O6. The first-order valence-corrected chi connectivity index (χ1v) is 7.63. The summed E-state index contributed by atoms with van der Waals surface area (Å²) >= 11 is 0. The van der Waals surface area contributed by atoms with Gasteiger partial charge in [0.1, 0.15) is 5.75 Å². The molecule has 0 unspecified atom stereocenters. The van der Waals surface area contributed by atoms with E-state index in [-0.39, 0.29) is 19.0 Å². The maximum atomic E-state index is 10.1. The highest BCUT2D eigenvalue weighted by molar-refractivity contribution is 5.76. The van der Waals surface area contributed by atoms with Gasteiger partial charge in [-0.3, -0.25) is 0 Å². The summed E-state index contributed by atoms with van der Waals surface area (Å²) in [4.78, 5) is 0. The Morgan fingerprint density at radius 2 is 1.60 bits per heavy atom. The average molecular weight is 346 g/mol. The number of phenols is 1. The molecule has 0 spiro atoms. The van der Waals surface area contributed by atoms with Crippen LogP contribution in [0.25, 0.3) is 12.2 Å². The lowest BCUT2D eigenvalue weighted by molar-refractivity contribution is 0.254. The molecule has 0 saturated carbocycles. The summed E-state index contributed by atoms with van der Waals surface area (Å²) in [7, 11) is 4.44. The van der Waals surface area contributed by atoms with Crippen molar-refractivity contribution in [2.45, 2.75) is 13.2 Å². The summed E-state index contributed by atoms with van der Waals surface area (Å²) in [5.74, 6) is 1.05. The highest BCUT2D eigenvalue weighted by atomic mass is 16.5. The van der Waals surface area contributed by atoms with Gasteiger partial charge in [0, 0.05) is 11.1 Å². The predicted molar refractivity (Wildman–Crippen MR) is 95.0 cm³/mol. The van der Waals surface area contributed by atoms with E-state index in [1.54, 1.807) is 36.4 Å². The number of hydrogen-bond acceptors (Lipinski definition) is 6. The Kier molecular flexibility index (Phi) is 6.27. The molecule has 2 rings (SSSR count). The number of phenolic OH excluding ortho intramolecular Hbond substituents is 1. The minimum Gasteiger partial charge on any atom is -0.502 e. The van der Waals surface area contributed by atoms with Crippen LogP contribution in [0.3, 0.4) is 0 Å². The average Bonchev–Trinajstić information content (AvgIpc) is 2.65. The maximum Gasteiger partial charge on any atom is 0.201 e. The molecule has 25 heavy (non-hydrogen) atoms. The Morgan fingerprint density at radius 3 is 2.16 bits per heavy atom. The highest BCUT2D eigenvalue weighted by Gasteiger charge is 2.13. The molecule has 0 amide bonds. The first kappa shape index (κ1) is 18.6. The molecule has 134 valence electrons. The first-order valence-electron chi connectivity index (χ1n) is 7.63. The van der Waals surface area contributed by atoms with Gasteiger partial charge in [0.2, 0.25) is 5.75 Å². The normalized spacial score (nSPS) is 10.9. The highest BCUT2D eigenvalue weighted by Crippen LogP contribution is 2.39. The zero-order valence-electron chi connectivity index (χ0n) is 14.4. The molecular weight excluding hydrogens is 324 g/mol. The summed E-state index contributed by atoms with van der Waals surface area (Å²) in [6.45, 7) is -0.427. The van der Waals surface area contributed by atoms with E-state index in [4.69, 9.17) is 14.2 Å². The zero-order valence-corrected chi connectivity index (χ0v) is 14.4. The van der Waals surface area contributed by atoms with Gasteiger partial charge in [0.25, 0.3) is 0 Å². The van der Waals surface area contributed by atoms with Crippen molar-refractivity contribution >= 4 is 12.2 Å². The quantitative estimate of drug-likeness (QED) is 0.668. The van der Waals surface area contributed by atoms with E-state index < -0.39 is 0 Å². The van der Waals surface area contributed by atoms with E-state index >= 15 is 0 Å². The third-order valence-corrected chi connectivity index (χ3v) is 3.88. The third kappa shape index (κ3) is 3.87. The van der Waals surface area contributed by atoms with E-state index in [2.05, 4.69) is 0 Å². The molecule has 0 aliphatic carbocycles. The van der Waals surface area contributed by atoms with Crippen LogP contribution in [0.15, 0.2) is 24.3 Å². The van der Waals surface area contributed by atoms with Crippen molar-refractivity contribution in [2.75, 3.05) is 21.3 Å². The second-order valence-corrected chi connectivity index (χ2v) is 5.25. The largest absolute Gasteiger partial charge is 0.502 e. The third-order valence-electron chi connectivity index (χ3n) is 3.88. The molecule has 2 aromatic rings. The van der Waals surface area contributed by atoms with Gasteiger partial charge in [0.15, 0.2) is 11.5 Å². The lowest BCUT2D eigenvalue weighted by Gasteiger charge is -2.13. The first-order chi connectivity index (χ1) is 12.1. The Balaban J connectivity index is 2.44. The van der Waals surface area contributed by atoms with Crippen LogP contribution in [-0.4, -0.2) is 36.6 Å². The number of benzene rings is 2. The molecule has 6 nitrogen and oxygen atoms in total. The van der Waals surface area contributed by atoms with Crippen molar-refractivity contribution in [1.82, 2.24) is 0 Å². The lowest BCUT2D eigenvalue weighted by Crippen LogP contribution is -1.99. The van der Waals surface area contributed by atoms with Gasteiger partial charge in [0.05, 0.1) is 34.5 Å². The summed E-state index contributed by atoms with van der Waals surface area (Å²) < 4.78 is 15.6. The van der Waals surface area contributed by atoms with E-state index in [1.165, 1.54) is 21.3 Å². The maximum absolute atomic E-state index is 10.1. The topological polar surface area (TPSA) is 88.4 Å². The monoisotopic (exact) mass is 346 g/mol. The van der Waals surface area contributed by atoms with Crippen LogP contribution < -0.4 is 14.2 Å². The Hall–Kier alpha value is -2.70. The number of aromatic hydroxyl groups is 1. The van der Waals surface area contributed by atoms with Gasteiger partial charge in [-0.15, -0.1) is 0 Å². The van der Waals surface area contributed by atoms with Gasteiger partial charge in [-0.05, 0) is 35.4 Å². The van der Waals surface area contributed by atoms with Crippen LogP contribution in [-0.2, 0) is 13.2 Å². The van der Waals surface area contributed by atoms with Crippen molar-refractivity contribution in [1.29, 1.82) is 0 Å². The second kappa shape index (κ2) is 8.41. The molecule has 0 atom stereocenters. The number of ether oxygens (including phenoxy) is 3. The molecule has 0 aliphatic heterocycles. The molecule has 0 bridgehead atoms. The van der Waals surface area contributed by atoms with Crippen LogP contribution in [0.1, 0.15) is 22.3 Å². The van der Waals surface area contributed by atoms with Gasteiger partial charge in [-0.1, -0.05) is 12.2 Å². The minimum atomic E-state index is -0.219. The van der Waals surface area contributed by atoms with Crippen molar-refractivity contribution in [3.8, 4) is 23.0 Å². The summed E-state index contributed by atoms with van der Waals surface area (Å²) in [5.41, 5.74) is 2.58. The van der Waals surface area contributed by atoms with Gasteiger partial charge < -0.3 is 29.5 Å². The molecule has 0 fully saturated rings. The van der Waals surface area contributed by atoms with Crippen molar-refractivity contribution in [2.24, 2.45) is 0 Å². The van der Waals surface area contributed by atoms with Crippen LogP contribution in [0, 0.1) is 0 Å². The molecule has 0 aromatic heterocycles. The SMILES string of the molecule is COc1ccc(/C=C\c2cc(CO)c(CO)c(OC)c2)c(OC)c1O. The fraction of sp³-hybridized carbons (Fsp3) is 0.263. The number of aliphatic hydroxyl groups excluding tert-OH is 2. The van der Waals surface area contributed by atoms with E-state index in [0.29, 0.717) is 33.9 Å². The van der Waals surface area contributed by atoms with Crippen LogP contribution in [0.2, 0.25) is 0 Å². The molecule has 3 N–H and O–H groups in total. The molecule has 2 aromatic carbocycles. The second-order valence-electron chi connectivity index (χ2n) is 5.25. The van der Waals surface area contributed by atoms with Crippen LogP contribution in [0.4, 0.5) is 0 Å². The summed E-state index contributed by atoms with van der Waals surface area (Å²) in [6, 6.07) is 6.93. The molecule has 0 heterocycles. The zero-order chi connectivity index (χ0) is 18.4. The fourth-order valence-electron chi connectivity index (χ4n) is 2.59. The number of methoxy groups -OCH3 is 3. The predicted octanol–water partition coefficient (Wildman–Crippen LogP) is 2.57. The Morgan fingerprint density at radius 1 is 0.880 bits per heavy atom. The number of rotatable bonds is 7. The van der Waals surface area contributed by atoms with Crippen LogP contribution in [0.5, 0.6) is 23.0 Å². The molecule has 0 saturated heterocycles. The van der Waals surface area contributed by atoms with E-state index in [1.807, 2.05) is 0 Å². The van der Waals surface area contributed by atoms with Crippen molar-refractivity contribution < 1.29 is 29.5 Å². The summed E-state index contributed by atoms with van der Waals surface area (Å²) in [6.07, 6.45) is 3.57. The van der Waals surface area contributed by atoms with Gasteiger partial charge in [-0.25, -0.2) is 0 Å². The Labute approximate surface area is 146 Å².